The fraction of sp³-hybridized carbons (Fsp3) is 0.294. The molecule has 0 saturated carbocycles. The zero-order valence-corrected chi connectivity index (χ0v) is 17.6. The lowest BCUT2D eigenvalue weighted by molar-refractivity contribution is 0.0696. The molecule has 0 bridgehead atoms. The highest BCUT2D eigenvalue weighted by atomic mass is 32.2. The Morgan fingerprint density at radius 1 is 1.03 bits per heavy atom. The molecule has 3 rings (SSSR count). The molecule has 0 unspecified atom stereocenters. The van der Waals surface area contributed by atoms with Crippen LogP contribution in [0.1, 0.15) is 20.9 Å². The second-order valence-corrected chi connectivity index (χ2v) is 10.3. The molecule has 11 nitrogen and oxygen atoms in total. The average molecular weight is 457 g/mol. The van der Waals surface area contributed by atoms with E-state index in [1.54, 1.807) is 12.1 Å². The fourth-order valence-corrected chi connectivity index (χ4v) is 4.85. The molecule has 0 aliphatic carbocycles. The Kier molecular flexibility index (Phi) is 5.87. The Balaban J connectivity index is 1.68. The zero-order valence-electron chi connectivity index (χ0n) is 15.9. The number of nitrogens with zero attached hydrogens (tertiary/aromatic N) is 2. The van der Waals surface area contributed by atoms with Crippen molar-refractivity contribution in [1.82, 2.24) is 9.21 Å². The van der Waals surface area contributed by atoms with Crippen molar-refractivity contribution in [2.45, 2.75) is 5.09 Å². The second-order valence-electron chi connectivity index (χ2n) is 6.63. The number of nitrogens with one attached hydrogen (secondary N) is 1. The molecule has 1 aromatic carbocycles. The summed E-state index contributed by atoms with van der Waals surface area (Å²) >= 11 is 0. The lowest BCUT2D eigenvalue weighted by Gasteiger charge is -2.33. The summed E-state index contributed by atoms with van der Waals surface area (Å²) in [5, 5.41) is -0.393. The SMILES string of the molecule is CS(=O)(=O)Nc1cccc(C(=O)N2CCN(S(=O)(=O)c3ccc(C(N)=O)o3)CC2)c1. The van der Waals surface area contributed by atoms with Crippen LogP contribution in [0.25, 0.3) is 0 Å². The second kappa shape index (κ2) is 8.08. The molecular formula is C17H20N4O7S2. The van der Waals surface area contributed by atoms with E-state index in [2.05, 4.69) is 4.72 Å². The molecule has 1 aromatic heterocycles. The number of hydrogen-bond donors (Lipinski definition) is 2. The van der Waals surface area contributed by atoms with Gasteiger partial charge in [0.05, 0.1) is 6.26 Å². The predicted molar refractivity (Wildman–Crippen MR) is 107 cm³/mol. The normalized spacial score (nSPS) is 15.7. The number of piperazine rings is 1. The van der Waals surface area contributed by atoms with Crippen molar-refractivity contribution in [2.75, 3.05) is 37.2 Å². The minimum Gasteiger partial charge on any atom is -0.438 e. The lowest BCUT2D eigenvalue weighted by Crippen LogP contribution is -2.50. The first-order valence-corrected chi connectivity index (χ1v) is 12.1. The van der Waals surface area contributed by atoms with Gasteiger partial charge in [-0.05, 0) is 30.3 Å². The minimum absolute atomic E-state index is 0.0297. The number of carbonyl (C=O) groups excluding carboxylic acids is 2. The van der Waals surface area contributed by atoms with Crippen LogP contribution >= 0.6 is 0 Å². The average Bonchev–Trinajstić information content (AvgIpc) is 3.18. The molecule has 0 radical (unpaired) electrons. The fourth-order valence-electron chi connectivity index (χ4n) is 2.96. The van der Waals surface area contributed by atoms with Crippen LogP contribution in [0.15, 0.2) is 45.9 Å². The Labute approximate surface area is 173 Å². The van der Waals surface area contributed by atoms with Crippen molar-refractivity contribution in [1.29, 1.82) is 0 Å². The zero-order chi connectivity index (χ0) is 22.1. The molecule has 30 heavy (non-hydrogen) atoms. The maximum Gasteiger partial charge on any atom is 0.284 e. The van der Waals surface area contributed by atoms with Gasteiger partial charge in [-0.2, -0.15) is 4.31 Å². The summed E-state index contributed by atoms with van der Waals surface area (Å²) in [5.74, 6) is -1.48. The molecule has 162 valence electrons. The van der Waals surface area contributed by atoms with E-state index in [-0.39, 0.29) is 49.1 Å². The van der Waals surface area contributed by atoms with Crippen molar-refractivity contribution >= 4 is 37.5 Å². The van der Waals surface area contributed by atoms with E-state index in [0.717, 1.165) is 16.6 Å². The van der Waals surface area contributed by atoms with Crippen LogP contribution in [-0.4, -0.2) is 70.3 Å². The summed E-state index contributed by atoms with van der Waals surface area (Å²) in [5.41, 5.74) is 5.61. The smallest absolute Gasteiger partial charge is 0.284 e. The van der Waals surface area contributed by atoms with E-state index in [4.69, 9.17) is 10.2 Å². The number of furan rings is 1. The number of sulfonamides is 2. The van der Waals surface area contributed by atoms with E-state index in [1.165, 1.54) is 23.1 Å². The molecule has 1 aliphatic rings. The van der Waals surface area contributed by atoms with Gasteiger partial charge in [0, 0.05) is 37.4 Å². The van der Waals surface area contributed by atoms with Crippen molar-refractivity contribution in [2.24, 2.45) is 5.73 Å². The summed E-state index contributed by atoms with van der Waals surface area (Å²) in [7, 11) is -7.46. The van der Waals surface area contributed by atoms with Gasteiger partial charge in [-0.1, -0.05) is 6.07 Å². The molecular weight excluding hydrogens is 436 g/mol. The quantitative estimate of drug-likeness (QED) is 0.613. The Hall–Kier alpha value is -2.90. The highest BCUT2D eigenvalue weighted by Gasteiger charge is 2.33. The number of nitrogens with two attached hydrogens (primary N) is 1. The highest BCUT2D eigenvalue weighted by Crippen LogP contribution is 2.21. The number of carbonyl (C=O) groups is 2. The van der Waals surface area contributed by atoms with Crippen molar-refractivity contribution in [3.05, 3.63) is 47.7 Å². The third-order valence-corrected chi connectivity index (χ3v) is 6.74. The number of anilines is 1. The Morgan fingerprint density at radius 3 is 2.27 bits per heavy atom. The third kappa shape index (κ3) is 4.80. The van der Waals surface area contributed by atoms with E-state index in [9.17, 15) is 26.4 Å². The van der Waals surface area contributed by atoms with Crippen LogP contribution in [-0.2, 0) is 20.0 Å². The molecule has 1 saturated heterocycles. The van der Waals surface area contributed by atoms with Gasteiger partial charge in [0.15, 0.2) is 5.76 Å². The Bertz CT molecular complexity index is 1180. The van der Waals surface area contributed by atoms with Crippen LogP contribution in [0.4, 0.5) is 5.69 Å². The minimum atomic E-state index is -3.97. The van der Waals surface area contributed by atoms with Crippen LogP contribution in [0.5, 0.6) is 0 Å². The van der Waals surface area contributed by atoms with Crippen LogP contribution in [0.3, 0.4) is 0 Å². The first-order chi connectivity index (χ1) is 14.0. The molecule has 13 heteroatoms. The van der Waals surface area contributed by atoms with Gasteiger partial charge in [0.25, 0.3) is 21.8 Å². The number of hydrogen-bond acceptors (Lipinski definition) is 7. The van der Waals surface area contributed by atoms with Crippen LogP contribution < -0.4 is 10.5 Å². The largest absolute Gasteiger partial charge is 0.438 e. The molecule has 2 aromatic rings. The number of amides is 2. The van der Waals surface area contributed by atoms with Crippen LogP contribution in [0.2, 0.25) is 0 Å². The topological polar surface area (TPSA) is 160 Å². The maximum absolute atomic E-state index is 12.7. The predicted octanol–water partition coefficient (Wildman–Crippen LogP) is -0.103. The Morgan fingerprint density at radius 2 is 1.70 bits per heavy atom. The maximum atomic E-state index is 12.7. The van der Waals surface area contributed by atoms with Crippen molar-refractivity contribution in [3.8, 4) is 0 Å². The van der Waals surface area contributed by atoms with Gasteiger partial charge in [0.2, 0.25) is 15.1 Å². The molecule has 0 atom stereocenters. The van der Waals surface area contributed by atoms with Gasteiger partial charge >= 0.3 is 0 Å². The molecule has 2 amide bonds. The summed E-state index contributed by atoms with van der Waals surface area (Å²) in [6.07, 6.45) is 1.01. The first kappa shape index (κ1) is 21.8. The number of rotatable bonds is 6. The summed E-state index contributed by atoms with van der Waals surface area (Å²) in [4.78, 5) is 25.3. The molecule has 1 fully saturated rings. The summed E-state index contributed by atoms with van der Waals surface area (Å²) in [6.45, 7) is 0.320. The van der Waals surface area contributed by atoms with E-state index < -0.39 is 31.0 Å². The lowest BCUT2D eigenvalue weighted by atomic mass is 10.1. The monoisotopic (exact) mass is 456 g/mol. The number of primary amides is 1. The molecule has 0 spiro atoms. The van der Waals surface area contributed by atoms with Gasteiger partial charge in [-0.3, -0.25) is 14.3 Å². The summed E-state index contributed by atoms with van der Waals surface area (Å²) in [6, 6.07) is 8.38. The van der Waals surface area contributed by atoms with Gasteiger partial charge in [0.1, 0.15) is 0 Å². The number of benzene rings is 1. The van der Waals surface area contributed by atoms with E-state index >= 15 is 0 Å². The van der Waals surface area contributed by atoms with E-state index in [0.29, 0.717) is 0 Å². The van der Waals surface area contributed by atoms with E-state index in [1.807, 2.05) is 0 Å². The first-order valence-electron chi connectivity index (χ1n) is 8.74. The molecule has 2 heterocycles. The van der Waals surface area contributed by atoms with Crippen LogP contribution in [0, 0.1) is 0 Å². The van der Waals surface area contributed by atoms with Gasteiger partial charge in [-0.25, -0.2) is 16.8 Å². The standard InChI is InChI=1S/C17H20N4O7S2/c1-29(24,25)19-13-4-2-3-12(11-13)17(23)20-7-9-21(10-8-20)30(26,27)15-6-5-14(28-15)16(18)22/h2-6,11,19H,7-10H2,1H3,(H2,18,22). The molecule has 1 aliphatic heterocycles. The summed E-state index contributed by atoms with van der Waals surface area (Å²) < 4.78 is 56.5. The van der Waals surface area contributed by atoms with Gasteiger partial charge < -0.3 is 15.1 Å². The third-order valence-electron chi connectivity index (χ3n) is 4.36. The van der Waals surface area contributed by atoms with Crippen molar-refractivity contribution < 1.29 is 30.8 Å². The van der Waals surface area contributed by atoms with Crippen molar-refractivity contribution in [3.63, 3.8) is 0 Å². The highest BCUT2D eigenvalue weighted by molar-refractivity contribution is 7.92. The van der Waals surface area contributed by atoms with Gasteiger partial charge in [-0.15, -0.1) is 0 Å². The molecule has 3 N–H and O–H groups in total.